The Morgan fingerprint density at radius 1 is 1.06 bits per heavy atom. The summed E-state index contributed by atoms with van der Waals surface area (Å²) in [6.07, 6.45) is 2.80. The molecule has 2 heterocycles. The molecule has 176 valence electrons. The van der Waals surface area contributed by atoms with Gasteiger partial charge in [-0.15, -0.1) is 0 Å². The molecule has 1 aliphatic rings. The molecule has 0 spiro atoms. The molecule has 0 radical (unpaired) electrons. The van der Waals surface area contributed by atoms with Crippen LogP contribution in [0.25, 0.3) is 21.0 Å². The number of benzene rings is 3. The zero-order valence-electron chi connectivity index (χ0n) is 19.3. The van der Waals surface area contributed by atoms with Crippen LogP contribution in [-0.2, 0) is 16.6 Å². The highest BCUT2D eigenvalue weighted by Crippen LogP contribution is 2.28. The van der Waals surface area contributed by atoms with Gasteiger partial charge in [-0.1, -0.05) is 48.1 Å². The lowest BCUT2D eigenvalue weighted by Crippen LogP contribution is -2.41. The molecular formula is C26H27N3O3S2. The second-order valence-electron chi connectivity index (χ2n) is 8.67. The standard InChI is InChI=1S/C26H27N3O3S2/c1-3-28-23-16-13-19-9-4-5-10-22(19)24(23)33-26(28)27-25(30)20-11-14-21(15-12-20)34(31,32)29-17-7-6-8-18(29)2/h4-5,9-16,18H,3,6-8,17H2,1-2H3. The molecule has 3 aromatic carbocycles. The van der Waals surface area contributed by atoms with Crippen LogP contribution in [0, 0.1) is 0 Å². The number of aryl methyl sites for hydroxylation is 1. The van der Waals surface area contributed by atoms with E-state index in [1.807, 2.05) is 30.5 Å². The third-order valence-corrected chi connectivity index (χ3v) is 9.69. The van der Waals surface area contributed by atoms with Crippen LogP contribution in [-0.4, -0.2) is 35.8 Å². The van der Waals surface area contributed by atoms with Crippen LogP contribution < -0.4 is 4.80 Å². The minimum absolute atomic E-state index is 0.0106. The number of amides is 1. The number of carbonyl (C=O) groups excluding carboxylic acids is 1. The van der Waals surface area contributed by atoms with Crippen molar-refractivity contribution < 1.29 is 13.2 Å². The Morgan fingerprint density at radius 2 is 1.82 bits per heavy atom. The predicted molar refractivity (Wildman–Crippen MR) is 137 cm³/mol. The molecule has 1 amide bonds. The minimum atomic E-state index is -3.57. The van der Waals surface area contributed by atoms with Crippen molar-refractivity contribution >= 4 is 48.3 Å². The third kappa shape index (κ3) is 4.00. The van der Waals surface area contributed by atoms with Gasteiger partial charge in [0.1, 0.15) is 0 Å². The van der Waals surface area contributed by atoms with Gasteiger partial charge < -0.3 is 4.57 Å². The summed E-state index contributed by atoms with van der Waals surface area (Å²) in [5, 5.41) is 2.29. The quantitative estimate of drug-likeness (QED) is 0.393. The molecule has 6 nitrogen and oxygen atoms in total. The van der Waals surface area contributed by atoms with E-state index >= 15 is 0 Å². The first-order chi connectivity index (χ1) is 16.4. The molecule has 1 unspecified atom stereocenters. The Hall–Kier alpha value is -2.81. The van der Waals surface area contributed by atoms with Crippen molar-refractivity contribution in [3.8, 4) is 0 Å². The molecule has 0 bridgehead atoms. The number of thiazole rings is 1. The first kappa shape index (κ1) is 23.0. The monoisotopic (exact) mass is 493 g/mol. The summed E-state index contributed by atoms with van der Waals surface area (Å²) in [7, 11) is -3.57. The Labute approximate surface area is 203 Å². The Balaban J connectivity index is 1.50. The average molecular weight is 494 g/mol. The number of fused-ring (bicyclic) bond motifs is 3. The Kier molecular flexibility index (Phi) is 6.14. The summed E-state index contributed by atoms with van der Waals surface area (Å²) >= 11 is 1.50. The zero-order chi connectivity index (χ0) is 23.9. The summed E-state index contributed by atoms with van der Waals surface area (Å²) in [4.78, 5) is 18.3. The summed E-state index contributed by atoms with van der Waals surface area (Å²) in [6, 6.07) is 18.5. The molecule has 5 rings (SSSR count). The van der Waals surface area contributed by atoms with Gasteiger partial charge in [0.05, 0.1) is 15.1 Å². The fourth-order valence-corrected chi connectivity index (χ4v) is 7.60. The van der Waals surface area contributed by atoms with Crippen molar-refractivity contribution in [2.75, 3.05) is 6.54 Å². The maximum atomic E-state index is 13.1. The number of nitrogens with zero attached hydrogens (tertiary/aromatic N) is 3. The lowest BCUT2D eigenvalue weighted by molar-refractivity contribution is 0.0997. The second-order valence-corrected chi connectivity index (χ2v) is 11.5. The number of aromatic nitrogens is 1. The smallest absolute Gasteiger partial charge is 0.279 e. The zero-order valence-corrected chi connectivity index (χ0v) is 20.9. The fraction of sp³-hybridized carbons (Fsp3) is 0.308. The van der Waals surface area contributed by atoms with E-state index in [-0.39, 0.29) is 16.8 Å². The second kappa shape index (κ2) is 9.09. The van der Waals surface area contributed by atoms with Crippen molar-refractivity contribution in [3.05, 3.63) is 71.0 Å². The summed E-state index contributed by atoms with van der Waals surface area (Å²) in [6.45, 7) is 5.21. The molecule has 1 saturated heterocycles. The maximum Gasteiger partial charge on any atom is 0.279 e. The maximum absolute atomic E-state index is 13.1. The highest BCUT2D eigenvalue weighted by Gasteiger charge is 2.30. The molecule has 34 heavy (non-hydrogen) atoms. The third-order valence-electron chi connectivity index (χ3n) is 6.54. The molecule has 4 aromatic rings. The number of hydrogen-bond acceptors (Lipinski definition) is 4. The molecule has 1 fully saturated rings. The van der Waals surface area contributed by atoms with Crippen molar-refractivity contribution in [3.63, 3.8) is 0 Å². The van der Waals surface area contributed by atoms with E-state index in [0.717, 1.165) is 40.3 Å². The van der Waals surface area contributed by atoms with E-state index in [9.17, 15) is 13.2 Å². The van der Waals surface area contributed by atoms with Crippen LogP contribution in [0.15, 0.2) is 70.6 Å². The average Bonchev–Trinajstić information content (AvgIpc) is 3.21. The molecular weight excluding hydrogens is 466 g/mol. The SMILES string of the molecule is CCn1c(=NC(=O)c2ccc(S(=O)(=O)N3CCCCC3C)cc2)sc2c3ccccc3ccc21. The molecule has 0 N–H and O–H groups in total. The molecule has 1 aromatic heterocycles. The lowest BCUT2D eigenvalue weighted by atomic mass is 10.1. The summed E-state index contributed by atoms with van der Waals surface area (Å²) in [5.74, 6) is -0.381. The Morgan fingerprint density at radius 3 is 2.56 bits per heavy atom. The normalized spacial score (nSPS) is 18.1. The molecule has 0 aliphatic carbocycles. The van der Waals surface area contributed by atoms with Crippen LogP contribution in [0.5, 0.6) is 0 Å². The van der Waals surface area contributed by atoms with Gasteiger partial charge in [0.2, 0.25) is 10.0 Å². The Bertz CT molecular complexity index is 1550. The van der Waals surface area contributed by atoms with Gasteiger partial charge in [0.25, 0.3) is 5.91 Å². The molecule has 1 aliphatic heterocycles. The predicted octanol–water partition coefficient (Wildman–Crippen LogP) is 5.18. The van der Waals surface area contributed by atoms with Gasteiger partial charge in [-0.3, -0.25) is 4.79 Å². The fourth-order valence-electron chi connectivity index (χ4n) is 4.67. The largest absolute Gasteiger partial charge is 0.317 e. The lowest BCUT2D eigenvalue weighted by Gasteiger charge is -2.32. The highest BCUT2D eigenvalue weighted by molar-refractivity contribution is 7.89. The van der Waals surface area contributed by atoms with E-state index in [0.29, 0.717) is 23.5 Å². The number of rotatable bonds is 4. The number of hydrogen-bond donors (Lipinski definition) is 0. The van der Waals surface area contributed by atoms with Crippen LogP contribution in [0.4, 0.5) is 0 Å². The van der Waals surface area contributed by atoms with Crippen molar-refractivity contribution in [2.45, 2.75) is 50.6 Å². The van der Waals surface area contributed by atoms with Crippen LogP contribution in [0.2, 0.25) is 0 Å². The van der Waals surface area contributed by atoms with Gasteiger partial charge in [-0.2, -0.15) is 9.30 Å². The number of sulfonamides is 1. The van der Waals surface area contributed by atoms with E-state index in [1.54, 1.807) is 16.4 Å². The summed E-state index contributed by atoms with van der Waals surface area (Å²) < 4.78 is 30.9. The number of piperidine rings is 1. The van der Waals surface area contributed by atoms with E-state index < -0.39 is 10.0 Å². The molecule has 1 atom stereocenters. The highest BCUT2D eigenvalue weighted by atomic mass is 32.2. The molecule has 8 heteroatoms. The topological polar surface area (TPSA) is 71.7 Å². The van der Waals surface area contributed by atoms with Crippen molar-refractivity contribution in [1.29, 1.82) is 0 Å². The molecule has 0 saturated carbocycles. The van der Waals surface area contributed by atoms with Gasteiger partial charge in [-0.25, -0.2) is 8.42 Å². The van der Waals surface area contributed by atoms with Crippen LogP contribution >= 0.6 is 11.3 Å². The van der Waals surface area contributed by atoms with Gasteiger partial charge in [-0.05, 0) is 62.4 Å². The van der Waals surface area contributed by atoms with Crippen molar-refractivity contribution in [2.24, 2.45) is 4.99 Å². The van der Waals surface area contributed by atoms with E-state index in [4.69, 9.17) is 0 Å². The first-order valence-corrected chi connectivity index (χ1v) is 13.9. The van der Waals surface area contributed by atoms with E-state index in [2.05, 4.69) is 29.3 Å². The van der Waals surface area contributed by atoms with Gasteiger partial charge >= 0.3 is 0 Å². The van der Waals surface area contributed by atoms with E-state index in [1.165, 1.54) is 23.5 Å². The van der Waals surface area contributed by atoms with Gasteiger partial charge in [0, 0.05) is 30.1 Å². The number of carbonyl (C=O) groups is 1. The minimum Gasteiger partial charge on any atom is -0.317 e. The van der Waals surface area contributed by atoms with Gasteiger partial charge in [0.15, 0.2) is 4.80 Å². The first-order valence-electron chi connectivity index (χ1n) is 11.6. The van der Waals surface area contributed by atoms with Crippen LogP contribution in [0.3, 0.4) is 0 Å². The van der Waals surface area contributed by atoms with Crippen LogP contribution in [0.1, 0.15) is 43.5 Å². The summed E-state index contributed by atoms with van der Waals surface area (Å²) in [5.41, 5.74) is 1.42. The van der Waals surface area contributed by atoms with Crippen molar-refractivity contribution in [1.82, 2.24) is 8.87 Å².